The van der Waals surface area contributed by atoms with Crippen LogP contribution in [-0.2, 0) is 31.8 Å². The number of nitrogens with zero attached hydrogens (tertiary/aromatic N) is 3. The van der Waals surface area contributed by atoms with Gasteiger partial charge in [0, 0.05) is 24.7 Å². The summed E-state index contributed by atoms with van der Waals surface area (Å²) in [6.45, 7) is 20.6. The molecule has 2 N–H and O–H groups in total. The summed E-state index contributed by atoms with van der Waals surface area (Å²) in [6.07, 6.45) is 1.62. The Labute approximate surface area is 297 Å². The van der Waals surface area contributed by atoms with E-state index in [1.807, 2.05) is 84.0 Å². The number of carbonyl (C=O) groups excluding carboxylic acids is 3. The minimum Gasteiger partial charge on any atom is -0.347 e. The third-order valence-electron chi connectivity index (χ3n) is 8.06. The van der Waals surface area contributed by atoms with Gasteiger partial charge in [-0.05, 0) is 93.8 Å². The van der Waals surface area contributed by atoms with Gasteiger partial charge in [0.25, 0.3) is 17.7 Å². The number of aryl methyl sites for hydroxylation is 5. The number of hydrazine groups is 1. The van der Waals surface area contributed by atoms with Crippen molar-refractivity contribution in [1.29, 1.82) is 0 Å². The predicted molar refractivity (Wildman–Crippen MR) is 199 cm³/mol. The minimum atomic E-state index is -0.562. The van der Waals surface area contributed by atoms with Gasteiger partial charge in [-0.15, -0.1) is 0 Å². The summed E-state index contributed by atoms with van der Waals surface area (Å²) in [5.41, 5.74) is 10.1. The number of halogens is 1. The Morgan fingerprint density at radius 2 is 1.33 bits per heavy atom. The van der Waals surface area contributed by atoms with E-state index < -0.39 is 5.54 Å². The zero-order chi connectivity index (χ0) is 36.7. The smallest absolute Gasteiger partial charge is 0.272 e. The molecule has 0 aliphatic rings. The second-order valence-electron chi connectivity index (χ2n) is 14.4. The Morgan fingerprint density at radius 1 is 0.776 bits per heavy atom. The van der Waals surface area contributed by atoms with Gasteiger partial charge in [0.2, 0.25) is 0 Å². The average Bonchev–Trinajstić information content (AvgIpc) is 3.33. The molecule has 0 saturated heterocycles. The highest BCUT2D eigenvalue weighted by Gasteiger charge is 2.30. The molecule has 4 aromatic rings. The van der Waals surface area contributed by atoms with Gasteiger partial charge in [-0.25, -0.2) is 5.01 Å². The zero-order valence-electron chi connectivity index (χ0n) is 30.9. The van der Waals surface area contributed by atoms with Crippen molar-refractivity contribution in [2.75, 3.05) is 0 Å². The topological polar surface area (TPSA) is 96.3 Å². The monoisotopic (exact) mass is 685 g/mol. The molecule has 49 heavy (non-hydrogen) atoms. The first-order chi connectivity index (χ1) is 22.8. The van der Waals surface area contributed by atoms with E-state index in [0.29, 0.717) is 34.8 Å². The summed E-state index contributed by atoms with van der Waals surface area (Å²) in [6, 6.07) is 21.4. The van der Waals surface area contributed by atoms with E-state index in [1.54, 1.807) is 23.9 Å². The minimum absolute atomic E-state index is 0.126. The van der Waals surface area contributed by atoms with Gasteiger partial charge < -0.3 is 5.32 Å². The van der Waals surface area contributed by atoms with Crippen LogP contribution in [0.25, 0.3) is 0 Å². The lowest BCUT2D eigenvalue weighted by Crippen LogP contribution is -2.55. The number of nitrogens with one attached hydrogen (secondary N) is 2. The number of benzene rings is 3. The predicted octanol–water partition coefficient (Wildman–Crippen LogP) is 8.31. The van der Waals surface area contributed by atoms with E-state index in [-0.39, 0.29) is 23.1 Å². The van der Waals surface area contributed by atoms with E-state index in [1.165, 1.54) is 16.1 Å². The van der Waals surface area contributed by atoms with E-state index >= 15 is 0 Å². The van der Waals surface area contributed by atoms with Gasteiger partial charge in [0.15, 0.2) is 0 Å². The quantitative estimate of drug-likeness (QED) is 0.191. The van der Waals surface area contributed by atoms with Gasteiger partial charge in [-0.2, -0.15) is 5.10 Å². The van der Waals surface area contributed by atoms with Crippen LogP contribution >= 0.6 is 11.6 Å². The third-order valence-corrected chi connectivity index (χ3v) is 8.46. The molecule has 0 spiro atoms. The van der Waals surface area contributed by atoms with Gasteiger partial charge in [0.1, 0.15) is 5.69 Å². The van der Waals surface area contributed by atoms with E-state index in [9.17, 15) is 14.4 Å². The van der Waals surface area contributed by atoms with Crippen LogP contribution in [0.3, 0.4) is 0 Å². The molecule has 0 atom stereocenters. The van der Waals surface area contributed by atoms with Gasteiger partial charge in [0.05, 0.1) is 16.3 Å². The maximum Gasteiger partial charge on any atom is 0.272 e. The lowest BCUT2D eigenvalue weighted by atomic mass is 9.87. The summed E-state index contributed by atoms with van der Waals surface area (Å²) in [4.78, 5) is 38.1. The van der Waals surface area contributed by atoms with Crippen LogP contribution in [0.2, 0.25) is 5.02 Å². The number of amides is 3. The van der Waals surface area contributed by atoms with Crippen LogP contribution in [0.1, 0.15) is 120 Å². The normalized spacial score (nSPS) is 11.3. The molecular formula is C40H52ClN5O3. The highest BCUT2D eigenvalue weighted by molar-refractivity contribution is 6.34. The fourth-order valence-corrected chi connectivity index (χ4v) is 5.60. The first kappa shape index (κ1) is 39.0. The molecule has 1 aromatic heterocycles. The molecule has 0 aliphatic heterocycles. The molecule has 0 saturated carbocycles. The van der Waals surface area contributed by atoms with Crippen molar-refractivity contribution in [1.82, 2.24) is 25.5 Å². The summed E-state index contributed by atoms with van der Waals surface area (Å²) in [5.74, 6) is -0.715. The molecule has 3 amide bonds. The number of hydrogen-bond acceptors (Lipinski definition) is 4. The van der Waals surface area contributed by atoms with E-state index in [4.69, 9.17) is 11.6 Å². The second-order valence-corrected chi connectivity index (χ2v) is 14.8. The molecule has 3 aromatic carbocycles. The molecule has 0 radical (unpaired) electrons. The van der Waals surface area contributed by atoms with Crippen molar-refractivity contribution < 1.29 is 14.4 Å². The molecule has 262 valence electrons. The standard InChI is InChI=1S/C22H28N2O2.C18H24ClN3O/c1-7-17-8-10-18(11-9-17)20(25)23-24(22(4,5)6)21(26)19-13-15(2)12-16(3)14-19;1-6-14-15(19)16(22(5)21-14)17(23)20-11-12-7-9-13(10-8-12)18(2,3)4/h8-14H,7H2,1-6H3,(H,23,25);7-10H,6,11H2,1-5H3,(H,20,23). The Balaban J connectivity index is 0.000000267. The van der Waals surface area contributed by atoms with Crippen molar-refractivity contribution >= 4 is 29.3 Å². The number of hydrogen-bond donors (Lipinski definition) is 2. The Kier molecular flexibility index (Phi) is 13.0. The van der Waals surface area contributed by atoms with Gasteiger partial charge in [-0.1, -0.05) is 99.8 Å². The summed E-state index contributed by atoms with van der Waals surface area (Å²) in [7, 11) is 1.73. The van der Waals surface area contributed by atoms with Crippen LogP contribution in [0.15, 0.2) is 66.7 Å². The van der Waals surface area contributed by atoms with Gasteiger partial charge >= 0.3 is 0 Å². The number of aromatic nitrogens is 2. The lowest BCUT2D eigenvalue weighted by Gasteiger charge is -2.35. The molecule has 1 heterocycles. The second kappa shape index (κ2) is 16.3. The fraction of sp³-hybridized carbons (Fsp3) is 0.400. The molecule has 0 aliphatic carbocycles. The highest BCUT2D eigenvalue weighted by atomic mass is 35.5. The molecule has 9 heteroatoms. The first-order valence-corrected chi connectivity index (χ1v) is 17.1. The van der Waals surface area contributed by atoms with Crippen molar-refractivity contribution in [2.24, 2.45) is 7.05 Å². The third kappa shape index (κ3) is 10.5. The highest BCUT2D eigenvalue weighted by Crippen LogP contribution is 2.23. The maximum absolute atomic E-state index is 13.1. The average molecular weight is 686 g/mol. The number of carbonyl (C=O) groups is 3. The first-order valence-electron chi connectivity index (χ1n) is 16.8. The van der Waals surface area contributed by atoms with Crippen molar-refractivity contribution in [3.63, 3.8) is 0 Å². The number of rotatable bonds is 7. The summed E-state index contributed by atoms with van der Waals surface area (Å²) >= 11 is 6.23. The molecular weight excluding hydrogens is 634 g/mol. The zero-order valence-corrected chi connectivity index (χ0v) is 31.7. The van der Waals surface area contributed by atoms with Gasteiger partial charge in [-0.3, -0.25) is 24.5 Å². The molecule has 0 unspecified atom stereocenters. The van der Waals surface area contributed by atoms with Crippen molar-refractivity contribution in [2.45, 2.75) is 99.6 Å². The molecule has 0 fully saturated rings. The summed E-state index contributed by atoms with van der Waals surface area (Å²) < 4.78 is 1.54. The van der Waals surface area contributed by atoms with Crippen LogP contribution < -0.4 is 10.7 Å². The molecule has 4 rings (SSSR count). The Morgan fingerprint density at radius 3 is 1.80 bits per heavy atom. The Hall–Kier alpha value is -4.43. The van der Waals surface area contributed by atoms with Crippen LogP contribution in [0, 0.1) is 13.8 Å². The maximum atomic E-state index is 13.1. The fourth-order valence-electron chi connectivity index (χ4n) is 5.22. The van der Waals surface area contributed by atoms with Crippen molar-refractivity contribution in [3.05, 3.63) is 122 Å². The van der Waals surface area contributed by atoms with Crippen LogP contribution in [-0.4, -0.2) is 38.0 Å². The SMILES string of the molecule is CCc1ccc(C(=O)NN(C(=O)c2cc(C)cc(C)c2)C(C)(C)C)cc1.CCc1nn(C)c(C(=O)NCc2ccc(C(C)(C)C)cc2)c1Cl. The van der Waals surface area contributed by atoms with E-state index in [0.717, 1.165) is 28.8 Å². The molecule has 0 bridgehead atoms. The molecule has 8 nitrogen and oxygen atoms in total. The van der Waals surface area contributed by atoms with Crippen LogP contribution in [0.4, 0.5) is 0 Å². The largest absolute Gasteiger partial charge is 0.347 e. The Bertz CT molecular complexity index is 1740. The lowest BCUT2D eigenvalue weighted by molar-refractivity contribution is 0.0358. The van der Waals surface area contributed by atoms with Crippen LogP contribution in [0.5, 0.6) is 0 Å². The summed E-state index contributed by atoms with van der Waals surface area (Å²) in [5, 5.41) is 9.03. The van der Waals surface area contributed by atoms with E-state index in [2.05, 4.69) is 55.7 Å². The van der Waals surface area contributed by atoms with Crippen molar-refractivity contribution in [3.8, 4) is 0 Å².